The van der Waals surface area contributed by atoms with E-state index in [9.17, 15) is 0 Å². The second kappa shape index (κ2) is 5.15. The Balaban J connectivity index is 1.73. The first-order chi connectivity index (χ1) is 8.74. The second-order valence-corrected chi connectivity index (χ2v) is 7.22. The van der Waals surface area contributed by atoms with Gasteiger partial charge in [-0.25, -0.2) is 0 Å². The van der Waals surface area contributed by atoms with Crippen LogP contribution in [0.4, 0.5) is 0 Å². The summed E-state index contributed by atoms with van der Waals surface area (Å²) in [5, 5.41) is 7.86. The van der Waals surface area contributed by atoms with Gasteiger partial charge in [0.25, 0.3) is 0 Å². The number of rotatable bonds is 3. The van der Waals surface area contributed by atoms with Gasteiger partial charge in [-0.3, -0.25) is 4.68 Å². The smallest absolute Gasteiger partial charge is 0.0704 e. The molecule has 0 spiro atoms. The molecule has 1 N–H and O–H groups in total. The highest BCUT2D eigenvalue weighted by Gasteiger charge is 2.22. The number of fused-ring (bicyclic) bond motifs is 1. The highest BCUT2D eigenvalue weighted by Crippen LogP contribution is 2.37. The molecule has 0 saturated carbocycles. The molecule has 0 fully saturated rings. The molecule has 2 heterocycles. The largest absolute Gasteiger partial charge is 0.304 e. The Morgan fingerprint density at radius 2 is 2.50 bits per heavy atom. The molecule has 3 rings (SSSR count). The lowest BCUT2D eigenvalue weighted by Crippen LogP contribution is -2.24. The average molecular weight is 326 g/mol. The Hall–Kier alpha value is -0.650. The van der Waals surface area contributed by atoms with E-state index in [1.165, 1.54) is 39.2 Å². The molecule has 3 nitrogen and oxygen atoms in total. The molecule has 0 aliphatic heterocycles. The summed E-state index contributed by atoms with van der Waals surface area (Å²) in [6, 6.07) is 4.84. The average Bonchev–Trinajstić information content (AvgIpc) is 2.91. The monoisotopic (exact) mass is 325 g/mol. The Bertz CT molecular complexity index is 546. The predicted octanol–water partition coefficient (Wildman–Crippen LogP) is 3.41. The van der Waals surface area contributed by atoms with Crippen LogP contribution in [0.1, 0.15) is 35.0 Å². The first-order valence-electron chi connectivity index (χ1n) is 6.22. The maximum absolute atomic E-state index is 4.20. The van der Waals surface area contributed by atoms with Crippen LogP contribution in [-0.4, -0.2) is 9.78 Å². The summed E-state index contributed by atoms with van der Waals surface area (Å²) in [6.45, 7) is 0.883. The molecular formula is C13H16BrN3S. The molecule has 5 heteroatoms. The molecule has 0 saturated heterocycles. The molecule has 0 aromatic carbocycles. The number of aromatic nitrogens is 2. The minimum Gasteiger partial charge on any atom is -0.304 e. The zero-order valence-corrected chi connectivity index (χ0v) is 12.7. The third-order valence-electron chi connectivity index (χ3n) is 3.54. The van der Waals surface area contributed by atoms with Gasteiger partial charge in [0.05, 0.1) is 9.48 Å². The minimum absolute atomic E-state index is 0.492. The molecule has 2 aromatic heterocycles. The quantitative estimate of drug-likeness (QED) is 0.937. The first kappa shape index (κ1) is 12.4. The van der Waals surface area contributed by atoms with Crippen molar-refractivity contribution in [2.24, 2.45) is 7.05 Å². The number of aryl methyl sites for hydroxylation is 2. The van der Waals surface area contributed by atoms with Gasteiger partial charge >= 0.3 is 0 Å². The van der Waals surface area contributed by atoms with Crippen molar-refractivity contribution < 1.29 is 0 Å². The van der Waals surface area contributed by atoms with Crippen LogP contribution >= 0.6 is 27.3 Å². The van der Waals surface area contributed by atoms with Gasteiger partial charge in [-0.05, 0) is 52.9 Å². The number of halogens is 1. The van der Waals surface area contributed by atoms with Gasteiger partial charge in [-0.2, -0.15) is 5.10 Å². The summed E-state index contributed by atoms with van der Waals surface area (Å²) in [6.07, 6.45) is 5.59. The van der Waals surface area contributed by atoms with E-state index in [4.69, 9.17) is 0 Å². The maximum atomic E-state index is 4.20. The molecule has 1 atom stereocenters. The van der Waals surface area contributed by atoms with Crippen molar-refractivity contribution in [2.75, 3.05) is 0 Å². The molecule has 2 aromatic rings. The van der Waals surface area contributed by atoms with Gasteiger partial charge in [0.2, 0.25) is 0 Å². The van der Waals surface area contributed by atoms with Crippen LogP contribution in [0, 0.1) is 0 Å². The van der Waals surface area contributed by atoms with Gasteiger partial charge < -0.3 is 5.32 Å². The lowest BCUT2D eigenvalue weighted by molar-refractivity contribution is 0.454. The predicted molar refractivity (Wildman–Crippen MR) is 77.7 cm³/mol. The Labute approximate surface area is 119 Å². The van der Waals surface area contributed by atoms with Gasteiger partial charge in [0.1, 0.15) is 0 Å². The van der Waals surface area contributed by atoms with E-state index < -0.39 is 0 Å². The summed E-state index contributed by atoms with van der Waals surface area (Å²) in [4.78, 5) is 1.54. The lowest BCUT2D eigenvalue weighted by atomic mass is 9.94. The molecule has 1 aliphatic carbocycles. The Kier molecular flexibility index (Phi) is 3.54. The second-order valence-electron chi connectivity index (χ2n) is 4.70. The fourth-order valence-corrected chi connectivity index (χ4v) is 4.36. The summed E-state index contributed by atoms with van der Waals surface area (Å²) in [5.41, 5.74) is 2.72. The standard InChI is InChI=1S/C13H16BrN3S/c1-17-9(5-6-16-17)8-15-11-3-2-4-12-10(11)7-13(14)18-12/h5-7,11,15H,2-4,8H2,1H3. The minimum atomic E-state index is 0.492. The number of hydrogen-bond donors (Lipinski definition) is 1. The van der Waals surface area contributed by atoms with E-state index in [-0.39, 0.29) is 0 Å². The fourth-order valence-electron chi connectivity index (χ4n) is 2.54. The maximum Gasteiger partial charge on any atom is 0.0704 e. The van der Waals surface area contributed by atoms with Crippen LogP contribution in [0.25, 0.3) is 0 Å². The number of hydrogen-bond acceptors (Lipinski definition) is 3. The van der Waals surface area contributed by atoms with Crippen molar-refractivity contribution in [3.63, 3.8) is 0 Å². The summed E-state index contributed by atoms with van der Waals surface area (Å²) >= 11 is 5.48. The topological polar surface area (TPSA) is 29.9 Å². The van der Waals surface area contributed by atoms with Crippen molar-refractivity contribution in [3.8, 4) is 0 Å². The van der Waals surface area contributed by atoms with Gasteiger partial charge in [0, 0.05) is 30.7 Å². The van der Waals surface area contributed by atoms with Crippen LogP contribution in [0.15, 0.2) is 22.1 Å². The van der Waals surface area contributed by atoms with E-state index in [0.717, 1.165) is 6.54 Å². The van der Waals surface area contributed by atoms with Gasteiger partial charge in [-0.1, -0.05) is 0 Å². The first-order valence-corrected chi connectivity index (χ1v) is 7.83. The van der Waals surface area contributed by atoms with Crippen LogP contribution in [-0.2, 0) is 20.0 Å². The van der Waals surface area contributed by atoms with Gasteiger partial charge in [-0.15, -0.1) is 11.3 Å². The molecule has 0 radical (unpaired) electrons. The van der Waals surface area contributed by atoms with Crippen molar-refractivity contribution in [3.05, 3.63) is 38.3 Å². The van der Waals surface area contributed by atoms with Crippen molar-refractivity contribution in [1.29, 1.82) is 0 Å². The Morgan fingerprint density at radius 1 is 1.61 bits per heavy atom. The SMILES string of the molecule is Cn1nccc1CNC1CCCc2sc(Br)cc21. The molecular weight excluding hydrogens is 310 g/mol. The zero-order valence-electron chi connectivity index (χ0n) is 10.3. The molecule has 18 heavy (non-hydrogen) atoms. The normalized spacial score (nSPS) is 18.9. The number of thiophene rings is 1. The molecule has 0 bridgehead atoms. The van der Waals surface area contributed by atoms with Crippen molar-refractivity contribution in [1.82, 2.24) is 15.1 Å². The Morgan fingerprint density at radius 3 is 3.28 bits per heavy atom. The van der Waals surface area contributed by atoms with E-state index in [1.54, 1.807) is 0 Å². The van der Waals surface area contributed by atoms with E-state index in [0.29, 0.717) is 6.04 Å². The zero-order chi connectivity index (χ0) is 12.5. The third-order valence-corrected chi connectivity index (χ3v) is 5.25. The van der Waals surface area contributed by atoms with Crippen LogP contribution < -0.4 is 5.32 Å². The molecule has 1 unspecified atom stereocenters. The van der Waals surface area contributed by atoms with Crippen molar-refractivity contribution >= 4 is 27.3 Å². The van der Waals surface area contributed by atoms with E-state index in [1.807, 2.05) is 29.3 Å². The molecule has 96 valence electrons. The number of nitrogens with zero attached hydrogens (tertiary/aromatic N) is 2. The molecule has 0 amide bonds. The highest BCUT2D eigenvalue weighted by atomic mass is 79.9. The third kappa shape index (κ3) is 2.39. The highest BCUT2D eigenvalue weighted by molar-refractivity contribution is 9.11. The fraction of sp³-hybridized carbons (Fsp3) is 0.462. The van der Waals surface area contributed by atoms with E-state index >= 15 is 0 Å². The molecule has 1 aliphatic rings. The van der Waals surface area contributed by atoms with Crippen LogP contribution in [0.5, 0.6) is 0 Å². The van der Waals surface area contributed by atoms with Gasteiger partial charge in [0.15, 0.2) is 0 Å². The van der Waals surface area contributed by atoms with Crippen molar-refractivity contribution in [2.45, 2.75) is 31.8 Å². The summed E-state index contributed by atoms with van der Waals surface area (Å²) in [5.74, 6) is 0. The van der Waals surface area contributed by atoms with E-state index in [2.05, 4.69) is 38.5 Å². The number of nitrogens with one attached hydrogen (secondary N) is 1. The summed E-state index contributed by atoms with van der Waals surface area (Å²) in [7, 11) is 1.99. The van der Waals surface area contributed by atoms with Crippen LogP contribution in [0.3, 0.4) is 0 Å². The summed E-state index contributed by atoms with van der Waals surface area (Å²) < 4.78 is 3.18. The lowest BCUT2D eigenvalue weighted by Gasteiger charge is -2.23. The van der Waals surface area contributed by atoms with Crippen LogP contribution in [0.2, 0.25) is 0 Å².